The van der Waals surface area contributed by atoms with E-state index in [9.17, 15) is 0 Å². The summed E-state index contributed by atoms with van der Waals surface area (Å²) in [6.45, 7) is 7.88. The summed E-state index contributed by atoms with van der Waals surface area (Å²) in [4.78, 5) is 4.68. The normalized spacial score (nSPS) is 10.7. The number of pyridine rings is 1. The topological polar surface area (TPSA) is 12.9 Å². The highest BCUT2D eigenvalue weighted by molar-refractivity contribution is 6.38. The minimum atomic E-state index is 0.663. The zero-order valence-corrected chi connectivity index (χ0v) is 15.8. The molecule has 25 heavy (non-hydrogen) atoms. The predicted octanol–water partition coefficient (Wildman–Crippen LogP) is 7.24. The molecule has 3 aromatic rings. The van der Waals surface area contributed by atoms with Gasteiger partial charge in [0.25, 0.3) is 0 Å². The maximum atomic E-state index is 6.75. The van der Waals surface area contributed by atoms with Gasteiger partial charge in [0.1, 0.15) is 0 Å². The number of aryl methyl sites for hydroxylation is 2. The lowest BCUT2D eigenvalue weighted by Gasteiger charge is -2.13. The van der Waals surface area contributed by atoms with Crippen LogP contribution in [0.1, 0.15) is 23.7 Å². The van der Waals surface area contributed by atoms with E-state index in [1.807, 2.05) is 55.5 Å². The average molecular weight is 368 g/mol. The third-order valence-electron chi connectivity index (χ3n) is 4.37. The van der Waals surface area contributed by atoms with Crippen LogP contribution in [0.2, 0.25) is 10.0 Å². The maximum Gasteiger partial charge on any atom is 0.0720 e. The molecule has 1 heterocycles. The first-order chi connectivity index (χ1) is 12.1. The molecule has 0 unspecified atom stereocenters. The SMILES string of the molecule is C=Cc1ccc(-c2cccc(-c3cccc(CC)c3Cl)c2Cl)nc1C. The molecule has 0 amide bonds. The summed E-state index contributed by atoms with van der Waals surface area (Å²) in [5, 5.41) is 1.42. The van der Waals surface area contributed by atoms with E-state index in [4.69, 9.17) is 23.2 Å². The van der Waals surface area contributed by atoms with Gasteiger partial charge in [-0.3, -0.25) is 4.98 Å². The van der Waals surface area contributed by atoms with Gasteiger partial charge in [-0.15, -0.1) is 0 Å². The third-order valence-corrected chi connectivity index (χ3v) is 5.22. The van der Waals surface area contributed by atoms with Crippen LogP contribution in [-0.4, -0.2) is 4.98 Å². The molecule has 3 heteroatoms. The molecule has 0 saturated carbocycles. The van der Waals surface area contributed by atoms with Crippen LogP contribution < -0.4 is 0 Å². The first-order valence-corrected chi connectivity index (χ1v) is 8.99. The van der Waals surface area contributed by atoms with Gasteiger partial charge in [0.2, 0.25) is 0 Å². The minimum absolute atomic E-state index is 0.663. The lowest BCUT2D eigenvalue weighted by molar-refractivity contribution is 1.14. The molecule has 0 spiro atoms. The smallest absolute Gasteiger partial charge is 0.0720 e. The second-order valence-corrected chi connectivity index (χ2v) is 6.63. The number of benzene rings is 2. The summed E-state index contributed by atoms with van der Waals surface area (Å²) in [5.74, 6) is 0. The highest BCUT2D eigenvalue weighted by atomic mass is 35.5. The van der Waals surface area contributed by atoms with Gasteiger partial charge in [0, 0.05) is 22.4 Å². The minimum Gasteiger partial charge on any atom is -0.252 e. The average Bonchev–Trinajstić information content (AvgIpc) is 2.62. The molecule has 0 aliphatic heterocycles. The van der Waals surface area contributed by atoms with Crippen molar-refractivity contribution in [3.63, 3.8) is 0 Å². The van der Waals surface area contributed by atoms with Crippen molar-refractivity contribution in [3.8, 4) is 22.4 Å². The van der Waals surface area contributed by atoms with Gasteiger partial charge in [-0.1, -0.05) is 85.2 Å². The number of nitrogens with zero attached hydrogens (tertiary/aromatic N) is 1. The van der Waals surface area contributed by atoms with Gasteiger partial charge in [-0.05, 0) is 30.5 Å². The Bertz CT molecular complexity index is 945. The summed E-state index contributed by atoms with van der Waals surface area (Å²) < 4.78 is 0. The number of halogens is 2. The van der Waals surface area contributed by atoms with Crippen LogP contribution in [0.5, 0.6) is 0 Å². The van der Waals surface area contributed by atoms with E-state index in [2.05, 4.69) is 18.5 Å². The summed E-state index contributed by atoms with van der Waals surface area (Å²) in [7, 11) is 0. The van der Waals surface area contributed by atoms with Gasteiger partial charge in [0.05, 0.1) is 15.7 Å². The van der Waals surface area contributed by atoms with E-state index in [1.165, 1.54) is 0 Å². The molecule has 0 bridgehead atoms. The van der Waals surface area contributed by atoms with Crippen LogP contribution in [0.3, 0.4) is 0 Å². The van der Waals surface area contributed by atoms with Crippen LogP contribution >= 0.6 is 23.2 Å². The fourth-order valence-electron chi connectivity index (χ4n) is 2.94. The molecule has 0 aliphatic carbocycles. The molecule has 0 atom stereocenters. The van der Waals surface area contributed by atoms with Crippen LogP contribution in [0.15, 0.2) is 55.1 Å². The molecular weight excluding hydrogens is 349 g/mol. The van der Waals surface area contributed by atoms with E-state index in [0.29, 0.717) is 5.02 Å². The van der Waals surface area contributed by atoms with E-state index in [-0.39, 0.29) is 0 Å². The molecular formula is C22H19Cl2N. The monoisotopic (exact) mass is 367 g/mol. The van der Waals surface area contributed by atoms with Crippen molar-refractivity contribution in [2.24, 2.45) is 0 Å². The highest BCUT2D eigenvalue weighted by Gasteiger charge is 2.14. The fraction of sp³-hybridized carbons (Fsp3) is 0.136. The van der Waals surface area contributed by atoms with Crippen molar-refractivity contribution in [2.45, 2.75) is 20.3 Å². The van der Waals surface area contributed by atoms with E-state index in [1.54, 1.807) is 6.08 Å². The third kappa shape index (κ3) is 3.35. The summed E-state index contributed by atoms with van der Waals surface area (Å²) >= 11 is 13.3. The zero-order chi connectivity index (χ0) is 18.0. The second kappa shape index (κ2) is 7.43. The molecule has 0 N–H and O–H groups in total. The van der Waals surface area contributed by atoms with E-state index in [0.717, 1.165) is 50.6 Å². The number of rotatable bonds is 4. The maximum absolute atomic E-state index is 6.75. The van der Waals surface area contributed by atoms with Crippen molar-refractivity contribution in [3.05, 3.63) is 82.0 Å². The van der Waals surface area contributed by atoms with Gasteiger partial charge >= 0.3 is 0 Å². The fourth-order valence-corrected chi connectivity index (χ4v) is 3.62. The lowest BCUT2D eigenvalue weighted by atomic mass is 9.98. The Balaban J connectivity index is 2.16. The van der Waals surface area contributed by atoms with Crippen LogP contribution in [0.4, 0.5) is 0 Å². The van der Waals surface area contributed by atoms with Gasteiger partial charge in [-0.25, -0.2) is 0 Å². The number of hydrogen-bond donors (Lipinski definition) is 0. The van der Waals surface area contributed by atoms with Gasteiger partial charge in [-0.2, -0.15) is 0 Å². The van der Waals surface area contributed by atoms with Crippen LogP contribution in [0.25, 0.3) is 28.5 Å². The molecule has 1 nitrogen and oxygen atoms in total. The molecule has 0 aliphatic rings. The molecule has 0 radical (unpaired) electrons. The Kier molecular flexibility index (Phi) is 5.27. The molecule has 2 aromatic carbocycles. The number of hydrogen-bond acceptors (Lipinski definition) is 1. The lowest BCUT2D eigenvalue weighted by Crippen LogP contribution is -1.93. The van der Waals surface area contributed by atoms with Crippen molar-refractivity contribution in [1.29, 1.82) is 0 Å². The standard InChI is InChI=1S/C22H19Cl2N/c1-4-15-12-13-20(25-14(15)3)19-11-7-10-18(22(19)24)17-9-6-8-16(5-2)21(17)23/h4,6-13H,1,5H2,2-3H3. The van der Waals surface area contributed by atoms with Crippen molar-refractivity contribution < 1.29 is 0 Å². The van der Waals surface area contributed by atoms with Crippen molar-refractivity contribution in [1.82, 2.24) is 4.98 Å². The van der Waals surface area contributed by atoms with Crippen molar-refractivity contribution >= 4 is 29.3 Å². The van der Waals surface area contributed by atoms with Crippen molar-refractivity contribution in [2.75, 3.05) is 0 Å². The van der Waals surface area contributed by atoms with Gasteiger partial charge < -0.3 is 0 Å². The molecule has 0 fully saturated rings. The van der Waals surface area contributed by atoms with Crippen LogP contribution in [0, 0.1) is 6.92 Å². The van der Waals surface area contributed by atoms with Gasteiger partial charge in [0.15, 0.2) is 0 Å². The number of aromatic nitrogens is 1. The first kappa shape index (κ1) is 17.7. The quantitative estimate of drug-likeness (QED) is 0.473. The highest BCUT2D eigenvalue weighted by Crippen LogP contribution is 2.39. The largest absolute Gasteiger partial charge is 0.252 e. The Hall–Kier alpha value is -2.09. The Labute approximate surface area is 159 Å². The Morgan fingerprint density at radius 2 is 1.56 bits per heavy atom. The molecule has 126 valence electrons. The summed E-state index contributed by atoms with van der Waals surface area (Å²) in [6.07, 6.45) is 2.69. The Morgan fingerprint density at radius 3 is 2.20 bits per heavy atom. The predicted molar refractivity (Wildman–Crippen MR) is 109 cm³/mol. The molecule has 3 rings (SSSR count). The summed E-state index contributed by atoms with van der Waals surface area (Å²) in [5.41, 5.74) is 6.69. The zero-order valence-electron chi connectivity index (χ0n) is 14.3. The van der Waals surface area contributed by atoms with E-state index < -0.39 is 0 Å². The summed E-state index contributed by atoms with van der Waals surface area (Å²) in [6, 6.07) is 16.0. The molecule has 1 aromatic heterocycles. The van der Waals surface area contributed by atoms with Crippen LogP contribution in [-0.2, 0) is 6.42 Å². The Morgan fingerprint density at radius 1 is 0.920 bits per heavy atom. The first-order valence-electron chi connectivity index (χ1n) is 8.23. The van der Waals surface area contributed by atoms with E-state index >= 15 is 0 Å². The second-order valence-electron chi connectivity index (χ2n) is 5.87. The molecule has 0 saturated heterocycles.